The molecule has 0 aliphatic rings. The Labute approximate surface area is 162 Å². The molecule has 0 fully saturated rings. The fourth-order valence-corrected chi connectivity index (χ4v) is 3.57. The molecule has 7 nitrogen and oxygen atoms in total. The minimum absolute atomic E-state index is 0.127. The summed E-state index contributed by atoms with van der Waals surface area (Å²) in [5.41, 5.74) is 1.02. The van der Waals surface area contributed by atoms with Crippen LogP contribution in [-0.4, -0.2) is 27.7 Å². The average molecular weight is 391 g/mol. The predicted octanol–water partition coefficient (Wildman–Crippen LogP) is 1.51. The number of carbonyl (C=O) groups is 1. The number of rotatable bonds is 3. The molecule has 0 N–H and O–H groups in total. The SMILES string of the molecule is COC(=O)c1ccc(/C=c2/sc3nc(=O)c(-c4ccccc4)nn3c2=O)cc1. The van der Waals surface area contributed by atoms with Gasteiger partial charge in [-0.3, -0.25) is 9.59 Å². The lowest BCUT2D eigenvalue weighted by Crippen LogP contribution is -2.26. The highest BCUT2D eigenvalue weighted by Crippen LogP contribution is 2.12. The maximum Gasteiger partial charge on any atom is 0.337 e. The molecule has 0 amide bonds. The van der Waals surface area contributed by atoms with Crippen molar-refractivity contribution in [1.29, 1.82) is 0 Å². The number of carbonyl (C=O) groups excluding carboxylic acids is 1. The second kappa shape index (κ2) is 7.16. The van der Waals surface area contributed by atoms with Crippen LogP contribution in [0.25, 0.3) is 22.3 Å². The molecule has 0 unspecified atom stereocenters. The third-order valence-electron chi connectivity index (χ3n) is 4.06. The van der Waals surface area contributed by atoms with Crippen molar-refractivity contribution in [1.82, 2.24) is 14.6 Å². The molecule has 0 aliphatic heterocycles. The molecule has 8 heteroatoms. The van der Waals surface area contributed by atoms with Gasteiger partial charge in [0, 0.05) is 5.56 Å². The van der Waals surface area contributed by atoms with Gasteiger partial charge in [-0.05, 0) is 23.8 Å². The van der Waals surface area contributed by atoms with Crippen molar-refractivity contribution in [2.24, 2.45) is 0 Å². The molecule has 0 bridgehead atoms. The number of nitrogens with zero attached hydrogens (tertiary/aromatic N) is 3. The third-order valence-corrected chi connectivity index (χ3v) is 5.02. The smallest absolute Gasteiger partial charge is 0.337 e. The molecule has 2 aromatic carbocycles. The molecule has 138 valence electrons. The van der Waals surface area contributed by atoms with Crippen LogP contribution in [-0.2, 0) is 4.74 Å². The van der Waals surface area contributed by atoms with E-state index in [9.17, 15) is 14.4 Å². The van der Waals surface area contributed by atoms with Crippen LogP contribution in [0.1, 0.15) is 15.9 Å². The van der Waals surface area contributed by atoms with E-state index in [1.54, 1.807) is 54.6 Å². The van der Waals surface area contributed by atoms with Gasteiger partial charge in [0.2, 0.25) is 4.96 Å². The summed E-state index contributed by atoms with van der Waals surface area (Å²) >= 11 is 1.08. The summed E-state index contributed by atoms with van der Waals surface area (Å²) in [6.07, 6.45) is 1.66. The Balaban J connectivity index is 1.82. The summed E-state index contributed by atoms with van der Waals surface area (Å²) in [7, 11) is 1.31. The van der Waals surface area contributed by atoms with Crippen molar-refractivity contribution in [2.75, 3.05) is 7.11 Å². The monoisotopic (exact) mass is 391 g/mol. The van der Waals surface area contributed by atoms with Gasteiger partial charge >= 0.3 is 11.5 Å². The number of esters is 1. The van der Waals surface area contributed by atoms with E-state index in [0.29, 0.717) is 15.7 Å². The van der Waals surface area contributed by atoms with Gasteiger partial charge in [-0.25, -0.2) is 4.79 Å². The van der Waals surface area contributed by atoms with E-state index in [2.05, 4.69) is 14.8 Å². The normalized spacial score (nSPS) is 11.7. The Bertz CT molecular complexity index is 1340. The highest BCUT2D eigenvalue weighted by Gasteiger charge is 2.12. The highest BCUT2D eigenvalue weighted by atomic mass is 32.1. The number of ether oxygens (including phenoxy) is 1. The topological polar surface area (TPSA) is 90.6 Å². The van der Waals surface area contributed by atoms with Gasteiger partial charge in [0.1, 0.15) is 0 Å². The number of hydrogen-bond acceptors (Lipinski definition) is 7. The van der Waals surface area contributed by atoms with Gasteiger partial charge in [0.25, 0.3) is 5.56 Å². The van der Waals surface area contributed by atoms with Gasteiger partial charge in [-0.15, -0.1) is 0 Å². The summed E-state index contributed by atoms with van der Waals surface area (Å²) in [5.74, 6) is -0.432. The van der Waals surface area contributed by atoms with Crippen molar-refractivity contribution in [3.05, 3.63) is 91.0 Å². The molecular formula is C20H13N3O4S. The first kappa shape index (κ1) is 17.7. The van der Waals surface area contributed by atoms with Crippen LogP contribution in [0.15, 0.2) is 64.2 Å². The molecule has 4 rings (SSSR count). The predicted molar refractivity (Wildman–Crippen MR) is 105 cm³/mol. The molecule has 0 aliphatic carbocycles. The third kappa shape index (κ3) is 3.21. The fraction of sp³-hybridized carbons (Fsp3) is 0.0500. The molecule has 28 heavy (non-hydrogen) atoms. The van der Waals surface area contributed by atoms with Crippen molar-refractivity contribution in [3.63, 3.8) is 0 Å². The van der Waals surface area contributed by atoms with Crippen LogP contribution in [0, 0.1) is 0 Å². The standard InChI is InChI=1S/C20H13N3O4S/c1-27-19(26)14-9-7-12(8-10-14)11-15-18(25)23-20(28-15)21-17(24)16(22-23)13-5-3-2-4-6-13/h2-11H,1H3/b15-11+. The van der Waals surface area contributed by atoms with Crippen LogP contribution < -0.4 is 15.7 Å². The summed E-state index contributed by atoms with van der Waals surface area (Å²) in [6, 6.07) is 15.5. The van der Waals surface area contributed by atoms with Gasteiger partial charge in [-0.1, -0.05) is 53.8 Å². The summed E-state index contributed by atoms with van der Waals surface area (Å²) in [6.45, 7) is 0. The molecule has 4 aromatic rings. The van der Waals surface area contributed by atoms with Crippen molar-refractivity contribution in [2.45, 2.75) is 0 Å². The Kier molecular flexibility index (Phi) is 4.54. The molecule has 2 aromatic heterocycles. The van der Waals surface area contributed by atoms with E-state index in [0.717, 1.165) is 21.4 Å². The minimum Gasteiger partial charge on any atom is -0.465 e. The zero-order chi connectivity index (χ0) is 19.7. The first-order valence-electron chi connectivity index (χ1n) is 8.26. The molecule has 0 saturated heterocycles. The van der Waals surface area contributed by atoms with Gasteiger partial charge in [0.05, 0.1) is 17.2 Å². The zero-order valence-corrected chi connectivity index (χ0v) is 15.5. The fourth-order valence-electron chi connectivity index (χ4n) is 2.67. The number of fused-ring (bicyclic) bond motifs is 1. The van der Waals surface area contributed by atoms with Crippen LogP contribution in [0.3, 0.4) is 0 Å². The number of methoxy groups -OCH3 is 1. The van der Waals surface area contributed by atoms with Crippen LogP contribution >= 0.6 is 11.3 Å². The zero-order valence-electron chi connectivity index (χ0n) is 14.7. The molecular weight excluding hydrogens is 378 g/mol. The second-order valence-electron chi connectivity index (χ2n) is 5.86. The molecule has 0 radical (unpaired) electrons. The van der Waals surface area contributed by atoms with Crippen LogP contribution in [0.2, 0.25) is 0 Å². The Morgan fingerprint density at radius 2 is 1.79 bits per heavy atom. The van der Waals surface area contributed by atoms with Gasteiger partial charge in [-0.2, -0.15) is 14.6 Å². The molecule has 0 saturated carbocycles. The summed E-state index contributed by atoms with van der Waals surface area (Å²) in [4.78, 5) is 40.8. The van der Waals surface area contributed by atoms with Crippen LogP contribution in [0.4, 0.5) is 0 Å². The Morgan fingerprint density at radius 1 is 1.07 bits per heavy atom. The molecule has 2 heterocycles. The maximum atomic E-state index is 12.7. The highest BCUT2D eigenvalue weighted by molar-refractivity contribution is 7.15. The summed E-state index contributed by atoms with van der Waals surface area (Å²) < 4.78 is 6.19. The quantitative estimate of drug-likeness (QED) is 0.492. The lowest BCUT2D eigenvalue weighted by Gasteiger charge is -1.98. The van der Waals surface area contributed by atoms with Crippen molar-refractivity contribution >= 4 is 28.3 Å². The lowest BCUT2D eigenvalue weighted by atomic mass is 10.1. The van der Waals surface area contributed by atoms with E-state index in [-0.39, 0.29) is 16.2 Å². The van der Waals surface area contributed by atoms with Crippen molar-refractivity contribution in [3.8, 4) is 11.3 Å². The van der Waals surface area contributed by atoms with E-state index in [4.69, 9.17) is 0 Å². The summed E-state index contributed by atoms with van der Waals surface area (Å²) in [5, 5.41) is 4.21. The largest absolute Gasteiger partial charge is 0.465 e. The first-order chi connectivity index (χ1) is 13.6. The number of benzene rings is 2. The lowest BCUT2D eigenvalue weighted by molar-refractivity contribution is 0.0600. The average Bonchev–Trinajstić information content (AvgIpc) is 3.02. The first-order valence-corrected chi connectivity index (χ1v) is 9.08. The minimum atomic E-state index is -0.485. The van der Waals surface area contributed by atoms with Gasteiger partial charge in [0.15, 0.2) is 5.69 Å². The van der Waals surface area contributed by atoms with Gasteiger partial charge < -0.3 is 4.74 Å². The van der Waals surface area contributed by atoms with Crippen molar-refractivity contribution < 1.29 is 9.53 Å². The molecule has 0 spiro atoms. The maximum absolute atomic E-state index is 12.7. The Hall–Kier alpha value is -3.65. The number of aromatic nitrogens is 3. The Morgan fingerprint density at radius 3 is 2.46 bits per heavy atom. The second-order valence-corrected chi connectivity index (χ2v) is 6.86. The molecule has 0 atom stereocenters. The number of hydrogen-bond donors (Lipinski definition) is 0. The van der Waals surface area contributed by atoms with E-state index in [1.165, 1.54) is 7.11 Å². The van der Waals surface area contributed by atoms with E-state index < -0.39 is 11.5 Å². The van der Waals surface area contributed by atoms with Crippen LogP contribution in [0.5, 0.6) is 0 Å². The van der Waals surface area contributed by atoms with E-state index in [1.807, 2.05) is 6.07 Å². The number of thiazole rings is 1. The van der Waals surface area contributed by atoms with E-state index >= 15 is 0 Å².